The summed E-state index contributed by atoms with van der Waals surface area (Å²) < 4.78 is 19.2. The number of benzene rings is 1. The molecule has 2 atom stereocenters. The second-order valence-electron chi connectivity index (χ2n) is 5.26. The summed E-state index contributed by atoms with van der Waals surface area (Å²) in [5, 5.41) is 9.61. The van der Waals surface area contributed by atoms with Crippen molar-refractivity contribution in [2.75, 3.05) is 19.8 Å². The number of ether oxygens (including phenoxy) is 1. The van der Waals surface area contributed by atoms with Crippen molar-refractivity contribution in [2.45, 2.75) is 25.9 Å². The summed E-state index contributed by atoms with van der Waals surface area (Å²) in [6.45, 7) is 3.64. The number of halogens is 2. The van der Waals surface area contributed by atoms with Crippen LogP contribution in [0.1, 0.15) is 18.9 Å². The van der Waals surface area contributed by atoms with Crippen LogP contribution in [0.15, 0.2) is 18.2 Å². The van der Waals surface area contributed by atoms with Gasteiger partial charge in [0.15, 0.2) is 0 Å². The fourth-order valence-electron chi connectivity index (χ4n) is 2.66. The lowest BCUT2D eigenvalue weighted by Crippen LogP contribution is -2.43. The third kappa shape index (κ3) is 3.93. The second kappa shape index (κ2) is 7.20. The van der Waals surface area contributed by atoms with Crippen LogP contribution >= 0.6 is 11.6 Å². The molecule has 116 valence electrons. The summed E-state index contributed by atoms with van der Waals surface area (Å²) >= 11 is 5.76. The van der Waals surface area contributed by atoms with Gasteiger partial charge in [0.25, 0.3) is 0 Å². The van der Waals surface area contributed by atoms with E-state index in [1.54, 1.807) is 12.1 Å². The Kier molecular flexibility index (Phi) is 5.56. The van der Waals surface area contributed by atoms with Gasteiger partial charge in [-0.2, -0.15) is 0 Å². The average Bonchev–Trinajstić information content (AvgIpc) is 2.90. The number of carboxylic acid groups (broad SMARTS) is 1. The molecule has 0 aromatic heterocycles. The standard InChI is InChI=1S/C15H19ClFNO3/c1-2-5-18(14-9-21-8-12(14)15(19)20)7-10-3-4-11(16)6-13(10)17/h3-4,6,12,14H,2,5,7-9H2,1H3,(H,19,20). The van der Waals surface area contributed by atoms with E-state index >= 15 is 0 Å². The van der Waals surface area contributed by atoms with E-state index in [1.807, 2.05) is 11.8 Å². The molecule has 0 radical (unpaired) electrons. The Morgan fingerprint density at radius 1 is 1.52 bits per heavy atom. The second-order valence-corrected chi connectivity index (χ2v) is 5.69. The van der Waals surface area contributed by atoms with Crippen LogP contribution in [0.25, 0.3) is 0 Å². The molecule has 1 aromatic carbocycles. The third-order valence-corrected chi connectivity index (χ3v) is 3.97. The topological polar surface area (TPSA) is 49.8 Å². The summed E-state index contributed by atoms with van der Waals surface area (Å²) in [5.41, 5.74) is 0.517. The molecule has 0 saturated carbocycles. The fraction of sp³-hybridized carbons (Fsp3) is 0.533. The molecule has 4 nitrogen and oxygen atoms in total. The largest absolute Gasteiger partial charge is 0.481 e. The first-order chi connectivity index (χ1) is 10.0. The van der Waals surface area contributed by atoms with Gasteiger partial charge in [-0.15, -0.1) is 0 Å². The molecule has 0 bridgehead atoms. The van der Waals surface area contributed by atoms with Crippen LogP contribution in [0, 0.1) is 11.7 Å². The highest BCUT2D eigenvalue weighted by Crippen LogP contribution is 2.24. The molecule has 2 unspecified atom stereocenters. The monoisotopic (exact) mass is 315 g/mol. The van der Waals surface area contributed by atoms with E-state index in [4.69, 9.17) is 16.3 Å². The van der Waals surface area contributed by atoms with Gasteiger partial charge in [-0.1, -0.05) is 24.6 Å². The highest BCUT2D eigenvalue weighted by atomic mass is 35.5. The lowest BCUT2D eigenvalue weighted by Gasteiger charge is -2.30. The van der Waals surface area contributed by atoms with E-state index in [0.717, 1.165) is 6.42 Å². The minimum atomic E-state index is -0.866. The Morgan fingerprint density at radius 3 is 2.90 bits per heavy atom. The van der Waals surface area contributed by atoms with Gasteiger partial charge in [0.05, 0.1) is 19.1 Å². The maximum absolute atomic E-state index is 13.9. The molecular formula is C15H19ClFNO3. The molecule has 1 aliphatic rings. The minimum Gasteiger partial charge on any atom is -0.481 e. The Balaban J connectivity index is 2.16. The zero-order valence-corrected chi connectivity index (χ0v) is 12.6. The number of carbonyl (C=O) groups is 1. The first-order valence-corrected chi connectivity index (χ1v) is 7.39. The molecule has 1 fully saturated rings. The van der Waals surface area contributed by atoms with Crippen molar-refractivity contribution in [3.63, 3.8) is 0 Å². The van der Waals surface area contributed by atoms with Crippen LogP contribution < -0.4 is 0 Å². The molecule has 1 saturated heterocycles. The maximum atomic E-state index is 13.9. The van der Waals surface area contributed by atoms with Gasteiger partial charge in [0.2, 0.25) is 0 Å². The van der Waals surface area contributed by atoms with Crippen LogP contribution in [0.4, 0.5) is 4.39 Å². The minimum absolute atomic E-state index is 0.212. The number of aliphatic carboxylic acids is 1. The third-order valence-electron chi connectivity index (χ3n) is 3.74. The Labute approximate surface area is 128 Å². The first-order valence-electron chi connectivity index (χ1n) is 7.01. The fourth-order valence-corrected chi connectivity index (χ4v) is 2.82. The van der Waals surface area contributed by atoms with Gasteiger partial charge in [-0.25, -0.2) is 4.39 Å². The van der Waals surface area contributed by atoms with Crippen molar-refractivity contribution >= 4 is 17.6 Å². The summed E-state index contributed by atoms with van der Waals surface area (Å²) in [4.78, 5) is 13.3. The SMILES string of the molecule is CCCN(Cc1ccc(Cl)cc1F)C1COCC1C(=O)O. The molecule has 1 heterocycles. The van der Waals surface area contributed by atoms with Crippen molar-refractivity contribution in [1.29, 1.82) is 0 Å². The Bertz CT molecular complexity index is 512. The van der Waals surface area contributed by atoms with E-state index in [9.17, 15) is 14.3 Å². The zero-order chi connectivity index (χ0) is 15.4. The molecular weight excluding hydrogens is 297 g/mol. The van der Waals surface area contributed by atoms with Gasteiger partial charge < -0.3 is 9.84 Å². The van der Waals surface area contributed by atoms with Gasteiger partial charge in [-0.3, -0.25) is 9.69 Å². The number of rotatable bonds is 6. The maximum Gasteiger partial charge on any atom is 0.310 e. The number of nitrogens with zero attached hydrogens (tertiary/aromatic N) is 1. The van der Waals surface area contributed by atoms with E-state index < -0.39 is 11.9 Å². The molecule has 1 aromatic rings. The van der Waals surface area contributed by atoms with Crippen LogP contribution in [-0.2, 0) is 16.1 Å². The highest BCUT2D eigenvalue weighted by molar-refractivity contribution is 6.30. The lowest BCUT2D eigenvalue weighted by molar-refractivity contribution is -0.143. The van der Waals surface area contributed by atoms with Gasteiger partial charge >= 0.3 is 5.97 Å². The van der Waals surface area contributed by atoms with Crippen molar-refractivity contribution in [1.82, 2.24) is 4.90 Å². The van der Waals surface area contributed by atoms with Crippen LogP contribution in [-0.4, -0.2) is 41.8 Å². The van der Waals surface area contributed by atoms with E-state index in [2.05, 4.69) is 0 Å². The van der Waals surface area contributed by atoms with Gasteiger partial charge in [0.1, 0.15) is 5.82 Å². The average molecular weight is 316 g/mol. The molecule has 2 rings (SSSR count). The van der Waals surface area contributed by atoms with E-state index in [0.29, 0.717) is 30.3 Å². The van der Waals surface area contributed by atoms with Crippen molar-refractivity contribution < 1.29 is 19.0 Å². The van der Waals surface area contributed by atoms with E-state index in [1.165, 1.54) is 6.07 Å². The van der Waals surface area contributed by atoms with Crippen molar-refractivity contribution in [3.8, 4) is 0 Å². The van der Waals surface area contributed by atoms with Gasteiger partial charge in [0, 0.05) is 23.2 Å². The normalized spacial score (nSPS) is 21.9. The van der Waals surface area contributed by atoms with Crippen LogP contribution in [0.2, 0.25) is 5.02 Å². The molecule has 21 heavy (non-hydrogen) atoms. The van der Waals surface area contributed by atoms with E-state index in [-0.39, 0.29) is 18.5 Å². The predicted molar refractivity (Wildman–Crippen MR) is 77.8 cm³/mol. The molecule has 6 heteroatoms. The summed E-state index contributed by atoms with van der Waals surface area (Å²) in [6, 6.07) is 4.34. The quantitative estimate of drug-likeness (QED) is 0.877. The number of carboxylic acids is 1. The molecule has 1 N–H and O–H groups in total. The Hall–Kier alpha value is -1.17. The van der Waals surface area contributed by atoms with Crippen molar-refractivity contribution in [3.05, 3.63) is 34.6 Å². The first kappa shape index (κ1) is 16.2. The van der Waals surface area contributed by atoms with Gasteiger partial charge in [-0.05, 0) is 25.1 Å². The Morgan fingerprint density at radius 2 is 2.29 bits per heavy atom. The molecule has 1 aliphatic heterocycles. The number of hydrogen-bond acceptors (Lipinski definition) is 3. The smallest absolute Gasteiger partial charge is 0.310 e. The molecule has 0 spiro atoms. The highest BCUT2D eigenvalue weighted by Gasteiger charge is 2.37. The summed E-state index contributed by atoms with van der Waals surface area (Å²) in [7, 11) is 0. The molecule has 0 aliphatic carbocycles. The summed E-state index contributed by atoms with van der Waals surface area (Å²) in [6.07, 6.45) is 0.859. The lowest BCUT2D eigenvalue weighted by atomic mass is 10.0. The van der Waals surface area contributed by atoms with Crippen LogP contribution in [0.5, 0.6) is 0 Å². The van der Waals surface area contributed by atoms with Crippen LogP contribution in [0.3, 0.4) is 0 Å². The zero-order valence-electron chi connectivity index (χ0n) is 11.9. The number of hydrogen-bond donors (Lipinski definition) is 1. The summed E-state index contributed by atoms with van der Waals surface area (Å²) in [5.74, 6) is -1.79. The predicted octanol–water partition coefficient (Wildman–Crippen LogP) is 2.79. The van der Waals surface area contributed by atoms with Crippen molar-refractivity contribution in [2.24, 2.45) is 5.92 Å². The molecule has 0 amide bonds.